The number of hydrogen-bond acceptors (Lipinski definition) is 6. The number of nitrogens with two attached hydrogens (primary N) is 2. The van der Waals surface area contributed by atoms with E-state index in [1.165, 1.54) is 24.5 Å². The Kier molecular flexibility index (Phi) is 6.36. The number of alkyl halides is 3. The van der Waals surface area contributed by atoms with Crippen LogP contribution < -0.4 is 11.5 Å². The largest absolute Gasteiger partial charge is 0.443 e. The molecule has 1 atom stereocenters. The van der Waals surface area contributed by atoms with Gasteiger partial charge in [0.05, 0.1) is 29.6 Å². The zero-order valence-corrected chi connectivity index (χ0v) is 17.7. The van der Waals surface area contributed by atoms with Crippen LogP contribution in [0.5, 0.6) is 0 Å². The molecule has 0 spiro atoms. The van der Waals surface area contributed by atoms with Crippen molar-refractivity contribution in [2.75, 3.05) is 0 Å². The van der Waals surface area contributed by atoms with Crippen LogP contribution in [0.4, 0.5) is 22.0 Å². The van der Waals surface area contributed by atoms with Crippen LogP contribution in [0.3, 0.4) is 0 Å². The zero-order valence-electron chi connectivity index (χ0n) is 17.7. The van der Waals surface area contributed by atoms with E-state index in [0.717, 1.165) is 18.4 Å². The molecule has 1 aromatic carbocycles. The molecule has 4 rings (SSSR count). The first-order chi connectivity index (χ1) is 16.1. The number of oxazole rings is 1. The first kappa shape index (κ1) is 23.4. The normalized spacial score (nSPS) is 17.3. The molecular weight excluding hydrogens is 457 g/mol. The molecule has 1 unspecified atom stereocenters. The fourth-order valence-electron chi connectivity index (χ4n) is 3.88. The number of aromatic nitrogens is 3. The van der Waals surface area contributed by atoms with Gasteiger partial charge in [-0.05, 0) is 43.0 Å². The fraction of sp³-hybridized carbons (Fsp3) is 0.261. The topological polar surface area (TPSA) is 104 Å². The van der Waals surface area contributed by atoms with Crippen LogP contribution in [-0.2, 0) is 6.42 Å². The molecule has 6 nitrogen and oxygen atoms in total. The summed E-state index contributed by atoms with van der Waals surface area (Å²) in [4.78, 5) is 12.4. The third-order valence-electron chi connectivity index (χ3n) is 5.43. The maximum Gasteiger partial charge on any atom is 0.394 e. The molecule has 0 saturated heterocycles. The lowest BCUT2D eigenvalue weighted by molar-refractivity contribution is -0.127. The Hall–Kier alpha value is -3.76. The summed E-state index contributed by atoms with van der Waals surface area (Å²) < 4.78 is 71.1. The van der Waals surface area contributed by atoms with Crippen molar-refractivity contribution in [3.05, 3.63) is 82.8 Å². The smallest absolute Gasteiger partial charge is 0.394 e. The third kappa shape index (κ3) is 5.08. The first-order valence-electron chi connectivity index (χ1n) is 10.4. The number of allylic oxidation sites excluding steroid dienone is 3. The summed E-state index contributed by atoms with van der Waals surface area (Å²) in [6, 6.07) is 3.48. The van der Waals surface area contributed by atoms with Crippen LogP contribution in [0, 0.1) is 11.6 Å². The van der Waals surface area contributed by atoms with Crippen LogP contribution >= 0.6 is 0 Å². The van der Waals surface area contributed by atoms with Gasteiger partial charge in [-0.2, -0.15) is 13.2 Å². The Morgan fingerprint density at radius 1 is 1.15 bits per heavy atom. The van der Waals surface area contributed by atoms with Crippen molar-refractivity contribution < 1.29 is 26.4 Å². The number of halogens is 5. The van der Waals surface area contributed by atoms with Gasteiger partial charge in [-0.15, -0.1) is 0 Å². The highest BCUT2D eigenvalue weighted by Gasteiger charge is 2.30. The molecule has 2 heterocycles. The minimum absolute atomic E-state index is 0.0913. The summed E-state index contributed by atoms with van der Waals surface area (Å²) in [6.07, 6.45) is 1.44. The van der Waals surface area contributed by atoms with E-state index in [1.54, 1.807) is 0 Å². The minimum atomic E-state index is -4.42. The highest BCUT2D eigenvalue weighted by molar-refractivity contribution is 5.67. The van der Waals surface area contributed by atoms with Crippen molar-refractivity contribution in [3.8, 4) is 11.6 Å². The highest BCUT2D eigenvalue weighted by atomic mass is 19.4. The maximum atomic E-state index is 14.1. The second-order valence-electron chi connectivity index (χ2n) is 7.89. The molecule has 1 aliphatic carbocycles. The van der Waals surface area contributed by atoms with Crippen molar-refractivity contribution >= 4 is 5.70 Å². The molecule has 178 valence electrons. The molecule has 11 heteroatoms. The Labute approximate surface area is 191 Å². The summed E-state index contributed by atoms with van der Waals surface area (Å²) >= 11 is 0. The SMILES string of the molecule is NC1=C(/C=C(\N)c2c(F)cccc2F)CCCC1c1cncc(-c2nc(CC(F)(F)F)co2)n1. The monoisotopic (exact) mass is 477 g/mol. The molecule has 0 bridgehead atoms. The molecule has 0 amide bonds. The van der Waals surface area contributed by atoms with Gasteiger partial charge < -0.3 is 15.9 Å². The first-order valence-corrected chi connectivity index (χ1v) is 10.4. The van der Waals surface area contributed by atoms with Gasteiger partial charge in [-0.1, -0.05) is 6.07 Å². The van der Waals surface area contributed by atoms with E-state index in [1.807, 2.05) is 0 Å². The average Bonchev–Trinajstić information content (AvgIpc) is 3.22. The van der Waals surface area contributed by atoms with Crippen molar-refractivity contribution in [3.63, 3.8) is 0 Å². The van der Waals surface area contributed by atoms with Gasteiger partial charge in [0.1, 0.15) is 23.6 Å². The summed E-state index contributed by atoms with van der Waals surface area (Å²) in [5, 5.41) is 0. The molecule has 4 N–H and O–H groups in total. The quantitative estimate of drug-likeness (QED) is 0.502. The number of nitrogens with zero attached hydrogens (tertiary/aromatic N) is 3. The molecular formula is C23H20F5N5O. The van der Waals surface area contributed by atoms with Crippen LogP contribution in [-0.4, -0.2) is 21.1 Å². The number of rotatable bonds is 5. The minimum Gasteiger partial charge on any atom is -0.443 e. The van der Waals surface area contributed by atoms with Crippen molar-refractivity contribution in [1.82, 2.24) is 15.0 Å². The van der Waals surface area contributed by atoms with Crippen LogP contribution in [0.25, 0.3) is 17.3 Å². The van der Waals surface area contributed by atoms with Crippen LogP contribution in [0.2, 0.25) is 0 Å². The maximum absolute atomic E-state index is 14.1. The fourth-order valence-corrected chi connectivity index (χ4v) is 3.88. The Morgan fingerprint density at radius 2 is 1.88 bits per heavy atom. The Morgan fingerprint density at radius 3 is 2.59 bits per heavy atom. The van der Waals surface area contributed by atoms with Gasteiger partial charge in [-0.25, -0.2) is 18.7 Å². The molecule has 0 saturated carbocycles. The second kappa shape index (κ2) is 9.24. The van der Waals surface area contributed by atoms with E-state index >= 15 is 0 Å². The van der Waals surface area contributed by atoms with E-state index in [-0.39, 0.29) is 34.5 Å². The van der Waals surface area contributed by atoms with Crippen LogP contribution in [0.1, 0.15) is 42.1 Å². The van der Waals surface area contributed by atoms with Gasteiger partial charge in [0.2, 0.25) is 5.89 Å². The molecule has 0 aliphatic heterocycles. The van der Waals surface area contributed by atoms with Gasteiger partial charge >= 0.3 is 6.18 Å². The summed E-state index contributed by atoms with van der Waals surface area (Å²) in [7, 11) is 0. The van der Waals surface area contributed by atoms with Gasteiger partial charge in [0.15, 0.2) is 0 Å². The summed E-state index contributed by atoms with van der Waals surface area (Å²) in [5.74, 6) is -2.04. The summed E-state index contributed by atoms with van der Waals surface area (Å²) in [5.41, 5.74) is 13.3. The van der Waals surface area contributed by atoms with Crippen LogP contribution in [0.15, 0.2) is 58.6 Å². The van der Waals surface area contributed by atoms with Crippen molar-refractivity contribution in [2.45, 2.75) is 37.8 Å². The predicted molar refractivity (Wildman–Crippen MR) is 114 cm³/mol. The second-order valence-corrected chi connectivity index (χ2v) is 7.89. The number of benzene rings is 1. The molecule has 1 aliphatic rings. The zero-order chi connectivity index (χ0) is 24.5. The Bertz CT molecular complexity index is 1240. The van der Waals surface area contributed by atoms with Gasteiger partial charge in [0, 0.05) is 23.5 Å². The van der Waals surface area contributed by atoms with Gasteiger partial charge in [0.25, 0.3) is 0 Å². The standard InChI is InChI=1S/C23H20F5N5O/c24-15-5-2-6-16(25)20(15)17(29)7-12-3-1-4-14(21(12)30)18-9-31-10-19(33-18)22-32-13(11-34-22)8-23(26,27)28/h2,5-7,9-11,14H,1,3-4,8,29-30H2/b17-7-. The predicted octanol–water partition coefficient (Wildman–Crippen LogP) is 4.99. The molecule has 0 fully saturated rings. The van der Waals surface area contributed by atoms with Gasteiger partial charge in [-0.3, -0.25) is 4.98 Å². The molecule has 0 radical (unpaired) electrons. The molecule has 3 aromatic rings. The van der Waals surface area contributed by atoms with E-state index in [0.29, 0.717) is 36.2 Å². The lowest BCUT2D eigenvalue weighted by Crippen LogP contribution is -2.19. The average molecular weight is 477 g/mol. The third-order valence-corrected chi connectivity index (χ3v) is 5.43. The molecule has 2 aromatic heterocycles. The Balaban J connectivity index is 1.63. The highest BCUT2D eigenvalue weighted by Crippen LogP contribution is 2.36. The lowest BCUT2D eigenvalue weighted by Gasteiger charge is -2.25. The summed E-state index contributed by atoms with van der Waals surface area (Å²) in [6.45, 7) is 0. The van der Waals surface area contributed by atoms with E-state index in [9.17, 15) is 22.0 Å². The van der Waals surface area contributed by atoms with Crippen molar-refractivity contribution in [1.29, 1.82) is 0 Å². The lowest BCUT2D eigenvalue weighted by atomic mass is 9.84. The van der Waals surface area contributed by atoms with Crippen molar-refractivity contribution in [2.24, 2.45) is 11.5 Å². The van der Waals surface area contributed by atoms with E-state index < -0.39 is 24.2 Å². The van der Waals surface area contributed by atoms with E-state index in [2.05, 4.69) is 15.0 Å². The molecule has 34 heavy (non-hydrogen) atoms. The van der Waals surface area contributed by atoms with E-state index in [4.69, 9.17) is 15.9 Å². The number of hydrogen-bond donors (Lipinski definition) is 2.